The van der Waals surface area contributed by atoms with Crippen LogP contribution in [-0.4, -0.2) is 27.8 Å². The SMILES string of the molecule is NC1CC(=O)N(C2CCCC2)C1c1cccc([N+](=O)[O-])c1. The van der Waals surface area contributed by atoms with Gasteiger partial charge in [-0.25, -0.2) is 0 Å². The van der Waals surface area contributed by atoms with Crippen molar-refractivity contribution < 1.29 is 9.72 Å². The number of nitro benzene ring substituents is 1. The fourth-order valence-corrected chi connectivity index (χ4v) is 3.62. The molecule has 1 aromatic carbocycles. The fourth-order valence-electron chi connectivity index (χ4n) is 3.62. The minimum absolute atomic E-state index is 0.0467. The number of nitrogens with two attached hydrogens (primary N) is 1. The third-order valence-electron chi connectivity index (χ3n) is 4.54. The van der Waals surface area contributed by atoms with Crippen molar-refractivity contribution in [1.82, 2.24) is 4.90 Å². The number of amides is 1. The van der Waals surface area contributed by atoms with Gasteiger partial charge in [-0.15, -0.1) is 0 Å². The van der Waals surface area contributed by atoms with Gasteiger partial charge < -0.3 is 10.6 Å². The molecule has 0 radical (unpaired) electrons. The summed E-state index contributed by atoms with van der Waals surface area (Å²) in [5, 5.41) is 10.9. The molecule has 1 aliphatic carbocycles. The van der Waals surface area contributed by atoms with Gasteiger partial charge in [0.1, 0.15) is 0 Å². The number of nitrogens with zero attached hydrogens (tertiary/aromatic N) is 2. The van der Waals surface area contributed by atoms with Crippen molar-refractivity contribution in [1.29, 1.82) is 0 Å². The Balaban J connectivity index is 1.95. The Morgan fingerprint density at radius 1 is 1.29 bits per heavy atom. The van der Waals surface area contributed by atoms with Crippen LogP contribution in [0.1, 0.15) is 43.7 Å². The second kappa shape index (κ2) is 5.44. The zero-order chi connectivity index (χ0) is 15.0. The summed E-state index contributed by atoms with van der Waals surface area (Å²) in [5.41, 5.74) is 6.97. The molecule has 1 aromatic rings. The van der Waals surface area contributed by atoms with E-state index in [9.17, 15) is 14.9 Å². The number of carbonyl (C=O) groups is 1. The highest BCUT2D eigenvalue weighted by atomic mass is 16.6. The van der Waals surface area contributed by atoms with Gasteiger partial charge >= 0.3 is 0 Å². The maximum absolute atomic E-state index is 12.3. The molecule has 3 rings (SSSR count). The summed E-state index contributed by atoms with van der Waals surface area (Å²) < 4.78 is 0. The lowest BCUT2D eigenvalue weighted by Gasteiger charge is -2.32. The molecule has 0 aromatic heterocycles. The average Bonchev–Trinajstić information content (AvgIpc) is 3.06. The molecular weight excluding hydrogens is 270 g/mol. The first-order valence-electron chi connectivity index (χ1n) is 7.39. The third kappa shape index (κ3) is 2.51. The zero-order valence-electron chi connectivity index (χ0n) is 11.8. The van der Waals surface area contributed by atoms with E-state index in [0.717, 1.165) is 31.2 Å². The lowest BCUT2D eigenvalue weighted by atomic mass is 9.99. The van der Waals surface area contributed by atoms with Crippen LogP contribution in [0.2, 0.25) is 0 Å². The molecule has 1 aliphatic heterocycles. The van der Waals surface area contributed by atoms with Crippen LogP contribution in [0.25, 0.3) is 0 Å². The molecular formula is C15H19N3O3. The molecule has 21 heavy (non-hydrogen) atoms. The van der Waals surface area contributed by atoms with Gasteiger partial charge in [0.05, 0.1) is 11.0 Å². The Morgan fingerprint density at radius 3 is 2.67 bits per heavy atom. The van der Waals surface area contributed by atoms with Crippen LogP contribution in [0.15, 0.2) is 24.3 Å². The number of carbonyl (C=O) groups excluding carboxylic acids is 1. The van der Waals surface area contributed by atoms with Crippen LogP contribution in [0, 0.1) is 10.1 Å². The van der Waals surface area contributed by atoms with E-state index in [4.69, 9.17) is 5.73 Å². The summed E-state index contributed by atoms with van der Waals surface area (Å²) in [6.07, 6.45) is 4.59. The summed E-state index contributed by atoms with van der Waals surface area (Å²) >= 11 is 0. The number of nitro groups is 1. The molecule has 2 N–H and O–H groups in total. The van der Waals surface area contributed by atoms with Crippen molar-refractivity contribution in [2.24, 2.45) is 5.73 Å². The molecule has 0 bridgehead atoms. The van der Waals surface area contributed by atoms with Gasteiger partial charge in [-0.2, -0.15) is 0 Å². The fraction of sp³-hybridized carbons (Fsp3) is 0.533. The predicted molar refractivity (Wildman–Crippen MR) is 77.5 cm³/mol. The minimum Gasteiger partial charge on any atom is -0.331 e. The van der Waals surface area contributed by atoms with Crippen LogP contribution in [-0.2, 0) is 4.79 Å². The molecule has 0 spiro atoms. The van der Waals surface area contributed by atoms with Gasteiger partial charge in [0.2, 0.25) is 5.91 Å². The first-order chi connectivity index (χ1) is 10.1. The molecule has 2 fully saturated rings. The molecule has 1 amide bonds. The Hall–Kier alpha value is -1.95. The average molecular weight is 289 g/mol. The number of hydrogen-bond donors (Lipinski definition) is 1. The standard InChI is InChI=1S/C15H19N3O3/c16-13-9-14(19)17(11-5-1-2-6-11)15(13)10-4-3-7-12(8-10)18(20)21/h3-4,7-8,11,13,15H,1-2,5-6,9,16H2. The van der Waals surface area contributed by atoms with Crippen LogP contribution < -0.4 is 5.73 Å². The summed E-state index contributed by atoms with van der Waals surface area (Å²) in [6.45, 7) is 0. The zero-order valence-corrected chi connectivity index (χ0v) is 11.8. The topological polar surface area (TPSA) is 89.5 Å². The molecule has 2 unspecified atom stereocenters. The van der Waals surface area contributed by atoms with Gasteiger partial charge in [-0.05, 0) is 18.4 Å². The van der Waals surface area contributed by atoms with E-state index in [0.29, 0.717) is 6.42 Å². The summed E-state index contributed by atoms with van der Waals surface area (Å²) in [4.78, 5) is 24.7. The molecule has 2 atom stereocenters. The molecule has 1 saturated heterocycles. The Kier molecular flexibility index (Phi) is 3.63. The largest absolute Gasteiger partial charge is 0.331 e. The van der Waals surface area contributed by atoms with Gasteiger partial charge in [0.15, 0.2) is 0 Å². The predicted octanol–water partition coefficient (Wildman–Crippen LogP) is 2.14. The normalized spacial score (nSPS) is 26.5. The highest BCUT2D eigenvalue weighted by Crippen LogP contribution is 2.39. The molecule has 2 aliphatic rings. The Morgan fingerprint density at radius 2 is 2.00 bits per heavy atom. The number of hydrogen-bond acceptors (Lipinski definition) is 4. The van der Waals surface area contributed by atoms with Crippen molar-refractivity contribution in [3.63, 3.8) is 0 Å². The Bertz CT molecular complexity index is 569. The Labute approximate surface area is 123 Å². The lowest BCUT2D eigenvalue weighted by molar-refractivity contribution is -0.385. The van der Waals surface area contributed by atoms with Gasteiger partial charge in [0.25, 0.3) is 5.69 Å². The van der Waals surface area contributed by atoms with Crippen LogP contribution >= 0.6 is 0 Å². The van der Waals surface area contributed by atoms with Crippen molar-refractivity contribution in [3.8, 4) is 0 Å². The smallest absolute Gasteiger partial charge is 0.269 e. The van der Waals surface area contributed by atoms with E-state index >= 15 is 0 Å². The number of benzene rings is 1. The van der Waals surface area contributed by atoms with Crippen molar-refractivity contribution in [3.05, 3.63) is 39.9 Å². The van der Waals surface area contributed by atoms with E-state index in [2.05, 4.69) is 0 Å². The van der Waals surface area contributed by atoms with E-state index < -0.39 is 4.92 Å². The van der Waals surface area contributed by atoms with Gasteiger partial charge in [-0.1, -0.05) is 25.0 Å². The van der Waals surface area contributed by atoms with E-state index in [1.807, 2.05) is 11.0 Å². The minimum atomic E-state index is -0.411. The summed E-state index contributed by atoms with van der Waals surface area (Å²) in [7, 11) is 0. The summed E-state index contributed by atoms with van der Waals surface area (Å²) in [6, 6.07) is 6.21. The van der Waals surface area contributed by atoms with E-state index in [-0.39, 0.29) is 29.7 Å². The van der Waals surface area contributed by atoms with Crippen LogP contribution in [0.3, 0.4) is 0 Å². The quantitative estimate of drug-likeness (QED) is 0.682. The number of non-ortho nitro benzene ring substituents is 1. The maximum Gasteiger partial charge on any atom is 0.269 e. The van der Waals surface area contributed by atoms with E-state index in [1.165, 1.54) is 6.07 Å². The van der Waals surface area contributed by atoms with Crippen molar-refractivity contribution in [2.75, 3.05) is 0 Å². The highest BCUT2D eigenvalue weighted by Gasteiger charge is 2.43. The lowest BCUT2D eigenvalue weighted by Crippen LogP contribution is -2.39. The second-order valence-corrected chi connectivity index (χ2v) is 5.90. The maximum atomic E-state index is 12.3. The molecule has 1 heterocycles. The van der Waals surface area contributed by atoms with Crippen LogP contribution in [0.4, 0.5) is 5.69 Å². The van der Waals surface area contributed by atoms with Gasteiger partial charge in [-0.3, -0.25) is 14.9 Å². The molecule has 6 nitrogen and oxygen atoms in total. The third-order valence-corrected chi connectivity index (χ3v) is 4.54. The first kappa shape index (κ1) is 14.0. The number of rotatable bonds is 3. The first-order valence-corrected chi connectivity index (χ1v) is 7.39. The second-order valence-electron chi connectivity index (χ2n) is 5.90. The van der Waals surface area contributed by atoms with Crippen LogP contribution in [0.5, 0.6) is 0 Å². The number of likely N-dealkylation sites (tertiary alicyclic amines) is 1. The van der Waals surface area contributed by atoms with E-state index in [1.54, 1.807) is 12.1 Å². The molecule has 112 valence electrons. The monoisotopic (exact) mass is 289 g/mol. The van der Waals surface area contributed by atoms with Crippen molar-refractivity contribution >= 4 is 11.6 Å². The molecule has 1 saturated carbocycles. The molecule has 6 heteroatoms. The highest BCUT2D eigenvalue weighted by molar-refractivity contribution is 5.80. The van der Waals surface area contributed by atoms with Crippen molar-refractivity contribution in [2.45, 2.75) is 50.2 Å². The summed E-state index contributed by atoms with van der Waals surface area (Å²) in [5.74, 6) is 0.0749. The van der Waals surface area contributed by atoms with Gasteiger partial charge in [0, 0.05) is 30.6 Å².